The summed E-state index contributed by atoms with van der Waals surface area (Å²) in [5, 5.41) is 10.0. The molecule has 0 spiro atoms. The lowest BCUT2D eigenvalue weighted by Crippen LogP contribution is -2.43. The third-order valence-corrected chi connectivity index (χ3v) is 3.85. The fourth-order valence-electron chi connectivity index (χ4n) is 2.61. The first kappa shape index (κ1) is 15.9. The van der Waals surface area contributed by atoms with Gasteiger partial charge in [0.15, 0.2) is 0 Å². The molecule has 0 radical (unpaired) electrons. The van der Waals surface area contributed by atoms with Gasteiger partial charge in [-0.25, -0.2) is 0 Å². The van der Waals surface area contributed by atoms with Crippen LogP contribution in [0.5, 0.6) is 0 Å². The number of rotatable bonds is 7. The van der Waals surface area contributed by atoms with Crippen LogP contribution in [0.4, 0.5) is 0 Å². The van der Waals surface area contributed by atoms with Gasteiger partial charge in [0.25, 0.3) is 0 Å². The maximum absolute atomic E-state index is 11.9. The van der Waals surface area contributed by atoms with Gasteiger partial charge in [-0.05, 0) is 19.0 Å². The Kier molecular flexibility index (Phi) is 5.73. The van der Waals surface area contributed by atoms with Crippen LogP contribution in [0.25, 0.3) is 0 Å². The Hall–Kier alpha value is -1.43. The van der Waals surface area contributed by atoms with Crippen LogP contribution in [0.1, 0.15) is 12.0 Å². The number of aliphatic hydroxyl groups excluding tert-OH is 1. The number of nitrogens with zero attached hydrogens (tertiary/aromatic N) is 2. The van der Waals surface area contributed by atoms with Gasteiger partial charge in [0, 0.05) is 20.1 Å². The van der Waals surface area contributed by atoms with E-state index >= 15 is 0 Å². The minimum atomic E-state index is -0.586. The lowest BCUT2D eigenvalue weighted by atomic mass is 10.2. The molecule has 0 unspecified atom stereocenters. The molecule has 0 aromatic heterocycles. The van der Waals surface area contributed by atoms with Crippen LogP contribution in [0.3, 0.4) is 0 Å². The summed E-state index contributed by atoms with van der Waals surface area (Å²) in [6.07, 6.45) is 0.237. The fraction of sp³-hybridized carbons (Fsp3) is 0.562. The molecule has 1 N–H and O–H groups in total. The van der Waals surface area contributed by atoms with Gasteiger partial charge in [-0.15, -0.1) is 0 Å². The predicted molar refractivity (Wildman–Crippen MR) is 80.8 cm³/mol. The Morgan fingerprint density at radius 1 is 1.43 bits per heavy atom. The second-order valence-corrected chi connectivity index (χ2v) is 5.66. The lowest BCUT2D eigenvalue weighted by Gasteiger charge is -2.25. The first-order valence-corrected chi connectivity index (χ1v) is 7.33. The molecule has 116 valence electrons. The van der Waals surface area contributed by atoms with Gasteiger partial charge in [-0.1, -0.05) is 30.3 Å². The molecule has 5 nitrogen and oxygen atoms in total. The highest BCUT2D eigenvalue weighted by Gasteiger charge is 2.32. The molecular weight excluding hydrogens is 268 g/mol. The molecule has 1 aliphatic heterocycles. The number of benzene rings is 1. The van der Waals surface area contributed by atoms with Crippen LogP contribution in [0.15, 0.2) is 30.3 Å². The maximum atomic E-state index is 11.9. The normalized spacial score (nSPS) is 20.3. The van der Waals surface area contributed by atoms with Crippen LogP contribution < -0.4 is 0 Å². The topological polar surface area (TPSA) is 53.0 Å². The van der Waals surface area contributed by atoms with Crippen LogP contribution in [0.2, 0.25) is 0 Å². The number of likely N-dealkylation sites (tertiary alicyclic amines) is 1. The van der Waals surface area contributed by atoms with E-state index in [1.807, 2.05) is 49.3 Å². The highest BCUT2D eigenvalue weighted by molar-refractivity contribution is 5.83. The van der Waals surface area contributed by atoms with Crippen LogP contribution in [-0.4, -0.2) is 66.8 Å². The van der Waals surface area contributed by atoms with Crippen molar-refractivity contribution in [2.75, 3.05) is 33.8 Å². The summed E-state index contributed by atoms with van der Waals surface area (Å²) in [5.74, 6) is 0.134. The van der Waals surface area contributed by atoms with Crippen molar-refractivity contribution in [2.45, 2.75) is 25.2 Å². The fourth-order valence-corrected chi connectivity index (χ4v) is 2.61. The second kappa shape index (κ2) is 7.54. The molecule has 21 heavy (non-hydrogen) atoms. The van der Waals surface area contributed by atoms with E-state index in [1.165, 1.54) is 0 Å². The molecular formula is C16H24N2O3. The SMILES string of the molecule is CN1CC[C@@H](N(C)C[C@@H](O)COCc2ccccc2)C1=O. The van der Waals surface area contributed by atoms with Crippen molar-refractivity contribution in [3.63, 3.8) is 0 Å². The smallest absolute Gasteiger partial charge is 0.239 e. The monoisotopic (exact) mass is 292 g/mol. The Balaban J connectivity index is 1.69. The second-order valence-electron chi connectivity index (χ2n) is 5.66. The molecule has 1 aromatic rings. The van der Waals surface area contributed by atoms with E-state index in [2.05, 4.69) is 0 Å². The zero-order valence-corrected chi connectivity index (χ0v) is 12.7. The van der Waals surface area contributed by atoms with E-state index < -0.39 is 6.10 Å². The first-order chi connectivity index (χ1) is 10.1. The lowest BCUT2D eigenvalue weighted by molar-refractivity contribution is -0.131. The van der Waals surface area contributed by atoms with Gasteiger partial charge in [0.2, 0.25) is 5.91 Å². The molecule has 0 saturated carbocycles. The number of carbonyl (C=O) groups is 1. The van der Waals surface area contributed by atoms with Crippen molar-refractivity contribution in [2.24, 2.45) is 0 Å². The Labute approximate surface area is 126 Å². The Morgan fingerprint density at radius 3 is 2.76 bits per heavy atom. The van der Waals surface area contributed by atoms with Gasteiger partial charge in [0.05, 0.1) is 25.4 Å². The third kappa shape index (κ3) is 4.52. The maximum Gasteiger partial charge on any atom is 0.239 e. The quantitative estimate of drug-likeness (QED) is 0.805. The van der Waals surface area contributed by atoms with E-state index in [9.17, 15) is 9.90 Å². The summed E-state index contributed by atoms with van der Waals surface area (Å²) in [6.45, 7) is 2.00. The van der Waals surface area contributed by atoms with E-state index in [4.69, 9.17) is 4.74 Å². The van der Waals surface area contributed by atoms with Crippen molar-refractivity contribution in [3.8, 4) is 0 Å². The molecule has 0 aliphatic carbocycles. The predicted octanol–water partition coefficient (Wildman–Crippen LogP) is 0.727. The molecule has 0 bridgehead atoms. The van der Waals surface area contributed by atoms with Crippen LogP contribution in [-0.2, 0) is 16.1 Å². The molecule has 1 fully saturated rings. The minimum absolute atomic E-state index is 0.112. The van der Waals surface area contributed by atoms with Gasteiger partial charge < -0.3 is 14.7 Å². The molecule has 1 saturated heterocycles. The Morgan fingerprint density at radius 2 is 2.14 bits per heavy atom. The number of hydrogen-bond acceptors (Lipinski definition) is 4. The molecule has 1 amide bonds. The van der Waals surface area contributed by atoms with Gasteiger partial charge >= 0.3 is 0 Å². The number of amides is 1. The van der Waals surface area contributed by atoms with Gasteiger partial charge in [-0.3, -0.25) is 9.69 Å². The zero-order chi connectivity index (χ0) is 15.2. The zero-order valence-electron chi connectivity index (χ0n) is 12.7. The van der Waals surface area contributed by atoms with Gasteiger partial charge in [-0.2, -0.15) is 0 Å². The Bertz CT molecular complexity index is 452. The van der Waals surface area contributed by atoms with Crippen molar-refractivity contribution in [1.29, 1.82) is 0 Å². The third-order valence-electron chi connectivity index (χ3n) is 3.85. The van der Waals surface area contributed by atoms with Crippen molar-refractivity contribution in [1.82, 2.24) is 9.80 Å². The number of ether oxygens (including phenoxy) is 1. The number of likely N-dealkylation sites (N-methyl/N-ethyl adjacent to an activating group) is 2. The van der Waals surface area contributed by atoms with Crippen LogP contribution in [0, 0.1) is 0 Å². The van der Waals surface area contributed by atoms with Gasteiger partial charge in [0.1, 0.15) is 0 Å². The average Bonchev–Trinajstić information content (AvgIpc) is 2.80. The van der Waals surface area contributed by atoms with E-state index in [0.717, 1.165) is 18.5 Å². The largest absolute Gasteiger partial charge is 0.389 e. The summed E-state index contributed by atoms with van der Waals surface area (Å²) >= 11 is 0. The molecule has 1 aromatic carbocycles. The average molecular weight is 292 g/mol. The highest BCUT2D eigenvalue weighted by atomic mass is 16.5. The van der Waals surface area contributed by atoms with Crippen LogP contribution >= 0.6 is 0 Å². The first-order valence-electron chi connectivity index (χ1n) is 7.33. The van der Waals surface area contributed by atoms with E-state index in [0.29, 0.717) is 13.2 Å². The van der Waals surface area contributed by atoms with Crippen molar-refractivity contribution in [3.05, 3.63) is 35.9 Å². The highest BCUT2D eigenvalue weighted by Crippen LogP contribution is 2.14. The summed E-state index contributed by atoms with van der Waals surface area (Å²) in [4.78, 5) is 15.6. The van der Waals surface area contributed by atoms with Crippen molar-refractivity contribution >= 4 is 5.91 Å². The molecule has 2 rings (SSSR count). The number of hydrogen-bond donors (Lipinski definition) is 1. The summed E-state index contributed by atoms with van der Waals surface area (Å²) < 4.78 is 5.52. The number of carbonyl (C=O) groups excluding carboxylic acids is 1. The van der Waals surface area contributed by atoms with Crippen molar-refractivity contribution < 1.29 is 14.6 Å². The number of aliphatic hydroxyl groups is 1. The minimum Gasteiger partial charge on any atom is -0.389 e. The molecule has 1 aliphatic rings. The summed E-state index contributed by atoms with van der Waals surface area (Å²) in [6, 6.07) is 9.76. The molecule has 5 heteroatoms. The van der Waals surface area contributed by atoms with E-state index in [-0.39, 0.29) is 18.6 Å². The standard InChI is InChI=1S/C16H24N2O3/c1-17-9-8-15(16(17)20)18(2)10-14(19)12-21-11-13-6-4-3-5-7-13/h3-7,14-15,19H,8-12H2,1-2H3/t14-,15-/m1/s1. The van der Waals surface area contributed by atoms with E-state index in [1.54, 1.807) is 4.90 Å². The summed E-state index contributed by atoms with van der Waals surface area (Å²) in [5.41, 5.74) is 1.09. The molecule has 2 atom stereocenters. The summed E-state index contributed by atoms with van der Waals surface area (Å²) in [7, 11) is 3.69. The molecule has 1 heterocycles.